The van der Waals surface area contributed by atoms with Gasteiger partial charge < -0.3 is 24.8 Å². The molecule has 0 aliphatic rings. The molecule has 1 aromatic rings. The molecule has 0 aliphatic carbocycles. The van der Waals surface area contributed by atoms with Gasteiger partial charge in [0, 0.05) is 50.8 Å². The summed E-state index contributed by atoms with van der Waals surface area (Å²) in [6, 6.07) is -0.140. The van der Waals surface area contributed by atoms with Crippen molar-refractivity contribution in [2.24, 2.45) is 17.3 Å². The monoisotopic (exact) mass is 637 g/mol. The van der Waals surface area contributed by atoms with Crippen LogP contribution < -0.4 is 10.6 Å². The molecule has 11 nitrogen and oxygen atoms in total. The zero-order chi connectivity index (χ0) is 33.9. The van der Waals surface area contributed by atoms with Crippen molar-refractivity contribution in [2.75, 3.05) is 39.6 Å². The third-order valence-electron chi connectivity index (χ3n) is 7.45. The smallest absolute Gasteiger partial charge is 0.220 e. The van der Waals surface area contributed by atoms with Gasteiger partial charge in [-0.25, -0.2) is 0 Å². The lowest BCUT2D eigenvalue weighted by molar-refractivity contribution is -0.132. The van der Waals surface area contributed by atoms with Gasteiger partial charge in [0.15, 0.2) is 0 Å². The molecule has 0 spiro atoms. The molecule has 0 aromatic carbocycles. The molecule has 2 amide bonds. The predicted octanol–water partition coefficient (Wildman–Crippen LogP) is 4.91. The Bertz CT molecular complexity index is 977. The molecule has 0 unspecified atom stereocenters. The minimum absolute atomic E-state index is 0.00350. The summed E-state index contributed by atoms with van der Waals surface area (Å²) in [6.45, 7) is 21.6. The Morgan fingerprint density at radius 1 is 0.867 bits per heavy atom. The summed E-state index contributed by atoms with van der Waals surface area (Å²) in [4.78, 5) is 36.5. The first kappa shape index (κ1) is 40.7. The maximum atomic E-state index is 12.5. The van der Waals surface area contributed by atoms with Crippen molar-refractivity contribution in [1.82, 2.24) is 25.6 Å². The van der Waals surface area contributed by atoms with Gasteiger partial charge >= 0.3 is 0 Å². The number of carbonyl (C=O) groups is 3. The first-order valence-electron chi connectivity index (χ1n) is 16.8. The number of nitrogens with one attached hydrogen (secondary N) is 2. The van der Waals surface area contributed by atoms with Crippen LogP contribution in [0.3, 0.4) is 0 Å². The van der Waals surface area contributed by atoms with Crippen LogP contribution in [-0.4, -0.2) is 83.8 Å². The Morgan fingerprint density at radius 3 is 2.09 bits per heavy atom. The Hall–Kier alpha value is -2.37. The maximum Gasteiger partial charge on any atom is 0.220 e. The standard InChI is InChI=1S/C34H63N5O6/c1-26(2)21-43-23-30(24-44-22-27(3)4)36-32(42)15-11-10-12-19-39-20-29(37-38-39)14-13-16-31(41)35-18-17-34(8,9)45-25-33(6,7)28(5)40/h20,26-27,30H,10-19,21-25H2,1-9H3,(H,35,41)(H,36,42). The van der Waals surface area contributed by atoms with Crippen molar-refractivity contribution in [1.29, 1.82) is 0 Å². The van der Waals surface area contributed by atoms with Gasteiger partial charge in [0.25, 0.3) is 0 Å². The highest BCUT2D eigenvalue weighted by atomic mass is 16.5. The number of unbranched alkanes of at least 4 members (excludes halogenated alkanes) is 2. The van der Waals surface area contributed by atoms with E-state index in [4.69, 9.17) is 14.2 Å². The molecular formula is C34H63N5O6. The van der Waals surface area contributed by atoms with Crippen LogP contribution in [0.2, 0.25) is 0 Å². The molecule has 1 heterocycles. The fraction of sp³-hybridized carbons (Fsp3) is 0.853. The minimum atomic E-state index is -0.517. The van der Waals surface area contributed by atoms with Crippen LogP contribution in [0, 0.1) is 17.3 Å². The number of hydrogen-bond donors (Lipinski definition) is 2. The van der Waals surface area contributed by atoms with Crippen LogP contribution in [0.15, 0.2) is 6.20 Å². The highest BCUT2D eigenvalue weighted by Gasteiger charge is 2.28. The lowest BCUT2D eigenvalue weighted by Gasteiger charge is -2.30. The lowest BCUT2D eigenvalue weighted by Crippen LogP contribution is -2.42. The Labute approximate surface area is 272 Å². The van der Waals surface area contributed by atoms with Crippen molar-refractivity contribution >= 4 is 17.6 Å². The second-order valence-electron chi connectivity index (χ2n) is 14.4. The van der Waals surface area contributed by atoms with Crippen LogP contribution in [0.5, 0.6) is 0 Å². The van der Waals surface area contributed by atoms with E-state index >= 15 is 0 Å². The Balaban J connectivity index is 2.23. The Kier molecular flexibility index (Phi) is 19.4. The van der Waals surface area contributed by atoms with Gasteiger partial charge in [-0.1, -0.05) is 53.2 Å². The van der Waals surface area contributed by atoms with E-state index in [0.717, 1.165) is 31.5 Å². The molecule has 0 atom stereocenters. The number of ether oxygens (including phenoxy) is 3. The van der Waals surface area contributed by atoms with Crippen LogP contribution in [0.4, 0.5) is 0 Å². The highest BCUT2D eigenvalue weighted by Crippen LogP contribution is 2.22. The largest absolute Gasteiger partial charge is 0.379 e. The van der Waals surface area contributed by atoms with Gasteiger partial charge in [-0.15, -0.1) is 5.10 Å². The molecule has 0 bridgehead atoms. The molecule has 1 aromatic heterocycles. The number of aryl methyl sites for hydroxylation is 2. The number of carbonyl (C=O) groups excluding carboxylic acids is 3. The number of amides is 2. The summed E-state index contributed by atoms with van der Waals surface area (Å²) in [7, 11) is 0. The summed E-state index contributed by atoms with van der Waals surface area (Å²) in [5.74, 6) is 1.02. The van der Waals surface area contributed by atoms with E-state index in [1.54, 1.807) is 6.92 Å². The average Bonchev–Trinajstić information content (AvgIpc) is 3.38. The fourth-order valence-corrected chi connectivity index (χ4v) is 4.19. The third kappa shape index (κ3) is 20.4. The fourth-order valence-electron chi connectivity index (χ4n) is 4.19. The summed E-state index contributed by atoms with van der Waals surface area (Å²) in [5.41, 5.74) is -0.0787. The molecule has 0 radical (unpaired) electrons. The summed E-state index contributed by atoms with van der Waals surface area (Å²) < 4.78 is 19.3. The van der Waals surface area contributed by atoms with Crippen LogP contribution in [0.25, 0.3) is 0 Å². The molecule has 0 saturated carbocycles. The molecule has 0 saturated heterocycles. The topological polar surface area (TPSA) is 134 Å². The summed E-state index contributed by atoms with van der Waals surface area (Å²) in [6.07, 6.45) is 7.48. The number of ketones is 1. The molecule has 2 N–H and O–H groups in total. The van der Waals surface area contributed by atoms with E-state index < -0.39 is 11.0 Å². The average molecular weight is 638 g/mol. The molecule has 45 heavy (non-hydrogen) atoms. The van der Waals surface area contributed by atoms with Gasteiger partial charge in [0.2, 0.25) is 11.8 Å². The van der Waals surface area contributed by atoms with Crippen LogP contribution in [-0.2, 0) is 41.6 Å². The predicted molar refractivity (Wildman–Crippen MR) is 177 cm³/mol. The molecule has 0 fully saturated rings. The summed E-state index contributed by atoms with van der Waals surface area (Å²) >= 11 is 0. The second-order valence-corrected chi connectivity index (χ2v) is 14.4. The maximum absolute atomic E-state index is 12.5. The van der Waals surface area contributed by atoms with Crippen molar-refractivity contribution in [3.63, 3.8) is 0 Å². The van der Waals surface area contributed by atoms with Gasteiger partial charge in [0.05, 0.1) is 37.2 Å². The second kappa shape index (κ2) is 21.4. The van der Waals surface area contributed by atoms with Crippen molar-refractivity contribution < 1.29 is 28.6 Å². The number of nitrogens with zero attached hydrogens (tertiary/aromatic N) is 3. The summed E-state index contributed by atoms with van der Waals surface area (Å²) in [5, 5.41) is 14.5. The Morgan fingerprint density at radius 2 is 1.49 bits per heavy atom. The van der Waals surface area contributed by atoms with Crippen LogP contribution >= 0.6 is 0 Å². The first-order chi connectivity index (χ1) is 21.1. The zero-order valence-corrected chi connectivity index (χ0v) is 29.7. The van der Waals surface area contributed by atoms with E-state index in [1.165, 1.54) is 0 Å². The number of rotatable bonds is 26. The third-order valence-corrected chi connectivity index (χ3v) is 7.45. The van der Waals surface area contributed by atoms with Crippen molar-refractivity contribution in [2.45, 2.75) is 132 Å². The van der Waals surface area contributed by atoms with E-state index in [-0.39, 0.29) is 23.6 Å². The number of aromatic nitrogens is 3. The van der Waals surface area contributed by atoms with E-state index in [9.17, 15) is 14.4 Å². The van der Waals surface area contributed by atoms with Crippen LogP contribution in [0.1, 0.15) is 113 Å². The number of hydrogen-bond acceptors (Lipinski definition) is 8. The van der Waals surface area contributed by atoms with E-state index in [0.29, 0.717) is 83.5 Å². The number of Topliss-reactive ketones (excluding diaryl/α,β-unsaturated/α-hetero) is 1. The molecule has 11 heteroatoms. The van der Waals surface area contributed by atoms with E-state index in [1.807, 2.05) is 38.6 Å². The molecule has 260 valence electrons. The quantitative estimate of drug-likeness (QED) is 0.137. The molecule has 1 rings (SSSR count). The normalized spacial score (nSPS) is 12.4. The highest BCUT2D eigenvalue weighted by molar-refractivity contribution is 5.81. The van der Waals surface area contributed by atoms with Crippen molar-refractivity contribution in [3.8, 4) is 0 Å². The van der Waals surface area contributed by atoms with Gasteiger partial charge in [0.1, 0.15) is 5.78 Å². The minimum Gasteiger partial charge on any atom is -0.379 e. The first-order valence-corrected chi connectivity index (χ1v) is 16.8. The molecule has 0 aliphatic heterocycles. The molecular weight excluding hydrogens is 574 g/mol. The van der Waals surface area contributed by atoms with Gasteiger partial charge in [-0.3, -0.25) is 19.1 Å². The SMILES string of the molecule is CC(=O)C(C)(C)COC(C)(C)CCNC(=O)CCCc1cn(CCCCCC(=O)NC(COCC(C)C)COCC(C)C)nn1. The van der Waals surface area contributed by atoms with Gasteiger partial charge in [-0.2, -0.15) is 0 Å². The van der Waals surface area contributed by atoms with E-state index in [2.05, 4.69) is 48.6 Å². The van der Waals surface area contributed by atoms with Gasteiger partial charge in [-0.05, 0) is 64.7 Å². The zero-order valence-electron chi connectivity index (χ0n) is 29.7. The van der Waals surface area contributed by atoms with Crippen molar-refractivity contribution in [3.05, 3.63) is 11.9 Å². The lowest BCUT2D eigenvalue weighted by atomic mass is 9.90.